The van der Waals surface area contributed by atoms with E-state index in [9.17, 15) is 0 Å². The third kappa shape index (κ3) is 3.03. The summed E-state index contributed by atoms with van der Waals surface area (Å²) in [5.74, 6) is 1.78. The summed E-state index contributed by atoms with van der Waals surface area (Å²) in [7, 11) is 1.97. The van der Waals surface area contributed by atoms with Crippen LogP contribution in [0.15, 0.2) is 18.5 Å². The molecule has 2 aromatic heterocycles. The van der Waals surface area contributed by atoms with Crippen molar-refractivity contribution in [3.05, 3.63) is 41.0 Å². The average Bonchev–Trinajstić information content (AvgIpc) is 2.64. The molecule has 0 unspecified atom stereocenters. The van der Waals surface area contributed by atoms with Gasteiger partial charge in [-0.3, -0.25) is 0 Å². The van der Waals surface area contributed by atoms with Crippen molar-refractivity contribution in [2.75, 3.05) is 0 Å². The fraction of sp³-hybridized carbons (Fsp3) is 0.417. The second-order valence-electron chi connectivity index (χ2n) is 3.98. The summed E-state index contributed by atoms with van der Waals surface area (Å²) in [5.41, 5.74) is 0.919. The molecule has 90 valence electrons. The van der Waals surface area contributed by atoms with Crippen molar-refractivity contribution in [1.29, 1.82) is 0 Å². The number of imidazole rings is 1. The third-order valence-electron chi connectivity index (χ3n) is 2.53. The molecule has 0 atom stereocenters. The number of nitrogens with zero attached hydrogens (tertiary/aromatic N) is 4. The lowest BCUT2D eigenvalue weighted by Crippen LogP contribution is -2.04. The van der Waals surface area contributed by atoms with Crippen LogP contribution in [0, 0.1) is 0 Å². The molecule has 0 aromatic carbocycles. The molecule has 0 N–H and O–H groups in total. The highest BCUT2D eigenvalue weighted by molar-refractivity contribution is 6.29. The molecule has 0 aliphatic carbocycles. The average molecular weight is 251 g/mol. The molecule has 0 bridgehead atoms. The van der Waals surface area contributed by atoms with E-state index in [2.05, 4.69) is 21.9 Å². The summed E-state index contributed by atoms with van der Waals surface area (Å²) >= 11 is 5.99. The number of aromatic nitrogens is 4. The van der Waals surface area contributed by atoms with Gasteiger partial charge in [-0.25, -0.2) is 15.0 Å². The molecule has 4 nitrogen and oxygen atoms in total. The summed E-state index contributed by atoms with van der Waals surface area (Å²) in [6.45, 7) is 2.10. The maximum absolute atomic E-state index is 5.99. The summed E-state index contributed by atoms with van der Waals surface area (Å²) in [5, 5.41) is 0.507. The Bertz CT molecular complexity index is 507. The maximum atomic E-state index is 5.99. The Labute approximate surface area is 106 Å². The van der Waals surface area contributed by atoms with Crippen molar-refractivity contribution in [1.82, 2.24) is 19.5 Å². The fourth-order valence-electron chi connectivity index (χ4n) is 1.67. The van der Waals surface area contributed by atoms with Gasteiger partial charge in [0.25, 0.3) is 0 Å². The first kappa shape index (κ1) is 12.0. The van der Waals surface area contributed by atoms with Crippen LogP contribution in [0.4, 0.5) is 0 Å². The monoisotopic (exact) mass is 250 g/mol. The van der Waals surface area contributed by atoms with E-state index < -0.39 is 0 Å². The highest BCUT2D eigenvalue weighted by Gasteiger charge is 2.06. The van der Waals surface area contributed by atoms with Gasteiger partial charge in [0.2, 0.25) is 0 Å². The Morgan fingerprint density at radius 3 is 2.82 bits per heavy atom. The zero-order chi connectivity index (χ0) is 12.3. The molecule has 0 saturated carbocycles. The quantitative estimate of drug-likeness (QED) is 0.783. The highest BCUT2D eigenvalue weighted by Crippen LogP contribution is 2.11. The van der Waals surface area contributed by atoms with Gasteiger partial charge in [-0.05, 0) is 12.5 Å². The van der Waals surface area contributed by atoms with Gasteiger partial charge >= 0.3 is 0 Å². The molecule has 0 amide bonds. The second kappa shape index (κ2) is 5.27. The van der Waals surface area contributed by atoms with Crippen LogP contribution in [0.1, 0.15) is 30.7 Å². The Balaban J connectivity index is 2.23. The third-order valence-corrected chi connectivity index (χ3v) is 2.72. The topological polar surface area (TPSA) is 43.6 Å². The van der Waals surface area contributed by atoms with E-state index in [0.29, 0.717) is 11.6 Å². The van der Waals surface area contributed by atoms with Gasteiger partial charge in [0.15, 0.2) is 0 Å². The van der Waals surface area contributed by atoms with E-state index in [0.717, 1.165) is 30.2 Å². The minimum absolute atomic E-state index is 0.507. The van der Waals surface area contributed by atoms with Gasteiger partial charge < -0.3 is 4.57 Å². The molecule has 0 spiro atoms. The highest BCUT2D eigenvalue weighted by atomic mass is 35.5. The molecule has 0 fully saturated rings. The predicted octanol–water partition coefficient (Wildman–Crippen LogP) is 2.41. The van der Waals surface area contributed by atoms with Crippen molar-refractivity contribution in [2.45, 2.75) is 26.2 Å². The van der Waals surface area contributed by atoms with E-state index in [-0.39, 0.29) is 0 Å². The van der Waals surface area contributed by atoms with Crippen LogP contribution in [0.25, 0.3) is 0 Å². The summed E-state index contributed by atoms with van der Waals surface area (Å²) in [4.78, 5) is 13.0. The minimum atomic E-state index is 0.507. The lowest BCUT2D eigenvalue weighted by atomic mass is 10.2. The van der Waals surface area contributed by atoms with E-state index in [4.69, 9.17) is 11.6 Å². The fourth-order valence-corrected chi connectivity index (χ4v) is 1.89. The summed E-state index contributed by atoms with van der Waals surface area (Å²) in [6, 6.07) is 1.80. The number of hydrogen-bond acceptors (Lipinski definition) is 3. The van der Waals surface area contributed by atoms with Crippen molar-refractivity contribution in [2.24, 2.45) is 7.05 Å². The molecule has 0 aliphatic rings. The molecule has 5 heteroatoms. The Hall–Kier alpha value is -1.42. The Morgan fingerprint density at radius 1 is 1.35 bits per heavy atom. The standard InChI is InChI=1S/C12H15ClN4/c1-3-4-11-15-9(7-10(13)16-11)8-12-14-5-6-17(12)2/h5-7H,3-4,8H2,1-2H3. The van der Waals surface area contributed by atoms with Gasteiger partial charge in [0.05, 0.1) is 5.69 Å². The number of hydrogen-bond donors (Lipinski definition) is 0. The van der Waals surface area contributed by atoms with Crippen LogP contribution < -0.4 is 0 Å². The number of rotatable bonds is 4. The van der Waals surface area contributed by atoms with E-state index in [1.165, 1.54) is 0 Å². The van der Waals surface area contributed by atoms with Crippen molar-refractivity contribution < 1.29 is 0 Å². The zero-order valence-corrected chi connectivity index (χ0v) is 10.8. The Kier molecular flexibility index (Phi) is 3.74. The van der Waals surface area contributed by atoms with Gasteiger partial charge in [-0.15, -0.1) is 0 Å². The van der Waals surface area contributed by atoms with E-state index in [1.54, 1.807) is 12.3 Å². The minimum Gasteiger partial charge on any atom is -0.338 e. The lowest BCUT2D eigenvalue weighted by molar-refractivity contribution is 0.783. The smallest absolute Gasteiger partial charge is 0.133 e. The van der Waals surface area contributed by atoms with Crippen molar-refractivity contribution in [3.8, 4) is 0 Å². The molecular formula is C12H15ClN4. The van der Waals surface area contributed by atoms with Gasteiger partial charge in [0, 0.05) is 32.3 Å². The molecule has 0 aliphatic heterocycles. The first-order valence-electron chi connectivity index (χ1n) is 5.67. The molecule has 2 aromatic rings. The first-order chi connectivity index (χ1) is 8.19. The van der Waals surface area contributed by atoms with Crippen LogP contribution in [0.3, 0.4) is 0 Å². The first-order valence-corrected chi connectivity index (χ1v) is 6.05. The number of halogens is 1. The molecule has 0 radical (unpaired) electrons. The normalized spacial score (nSPS) is 10.8. The predicted molar refractivity (Wildman–Crippen MR) is 67.1 cm³/mol. The largest absolute Gasteiger partial charge is 0.338 e. The SMILES string of the molecule is CCCc1nc(Cl)cc(Cc2nccn2C)n1. The summed E-state index contributed by atoms with van der Waals surface area (Å²) in [6.07, 6.45) is 6.26. The van der Waals surface area contributed by atoms with Gasteiger partial charge in [-0.1, -0.05) is 18.5 Å². The maximum Gasteiger partial charge on any atom is 0.133 e. The molecular weight excluding hydrogens is 236 g/mol. The van der Waals surface area contributed by atoms with Crippen molar-refractivity contribution in [3.63, 3.8) is 0 Å². The van der Waals surface area contributed by atoms with Crippen LogP contribution in [0.2, 0.25) is 5.15 Å². The molecule has 0 saturated heterocycles. The molecule has 2 rings (SSSR count). The molecule has 2 heterocycles. The van der Waals surface area contributed by atoms with Crippen LogP contribution in [-0.2, 0) is 19.9 Å². The Morgan fingerprint density at radius 2 is 2.18 bits per heavy atom. The second-order valence-corrected chi connectivity index (χ2v) is 4.37. The van der Waals surface area contributed by atoms with Gasteiger partial charge in [-0.2, -0.15) is 0 Å². The lowest BCUT2D eigenvalue weighted by Gasteiger charge is -2.04. The number of aryl methyl sites for hydroxylation is 2. The molecule has 17 heavy (non-hydrogen) atoms. The van der Waals surface area contributed by atoms with Crippen LogP contribution >= 0.6 is 11.6 Å². The van der Waals surface area contributed by atoms with Crippen molar-refractivity contribution >= 4 is 11.6 Å². The van der Waals surface area contributed by atoms with Crippen LogP contribution in [0.5, 0.6) is 0 Å². The zero-order valence-electron chi connectivity index (χ0n) is 10.0. The van der Waals surface area contributed by atoms with Gasteiger partial charge in [0.1, 0.15) is 16.8 Å². The summed E-state index contributed by atoms with van der Waals surface area (Å²) < 4.78 is 1.98. The van der Waals surface area contributed by atoms with E-state index >= 15 is 0 Å². The van der Waals surface area contributed by atoms with E-state index in [1.807, 2.05) is 17.8 Å². The van der Waals surface area contributed by atoms with Crippen LogP contribution in [-0.4, -0.2) is 19.5 Å².